The number of hydrogen-bond acceptors (Lipinski definition) is 4. The fourth-order valence-corrected chi connectivity index (χ4v) is 1.76. The van der Waals surface area contributed by atoms with E-state index < -0.39 is 5.97 Å². The number of anilines is 1. The largest absolute Gasteiger partial charge is 0.465 e. The van der Waals surface area contributed by atoms with Crippen LogP contribution in [0.25, 0.3) is 0 Å². The molecule has 0 aliphatic heterocycles. The van der Waals surface area contributed by atoms with Crippen LogP contribution in [0.4, 0.5) is 5.00 Å². The third-order valence-electron chi connectivity index (χ3n) is 1.63. The van der Waals surface area contributed by atoms with Crippen molar-refractivity contribution in [1.29, 1.82) is 0 Å². The first kappa shape index (κ1) is 11.5. The van der Waals surface area contributed by atoms with Crippen molar-refractivity contribution in [3.05, 3.63) is 29.2 Å². The van der Waals surface area contributed by atoms with Gasteiger partial charge in [0.2, 0.25) is 5.91 Å². The van der Waals surface area contributed by atoms with Gasteiger partial charge in [-0.05, 0) is 24.4 Å². The van der Waals surface area contributed by atoms with Crippen molar-refractivity contribution in [1.82, 2.24) is 0 Å². The first-order chi connectivity index (χ1) is 7.19. The summed E-state index contributed by atoms with van der Waals surface area (Å²) in [6.45, 7) is 1.75. The van der Waals surface area contributed by atoms with Gasteiger partial charge in [0.1, 0.15) is 5.00 Å². The minimum absolute atomic E-state index is 0.259. The number of carbonyl (C=O) groups excluding carboxylic acids is 2. The third-order valence-corrected chi connectivity index (χ3v) is 2.46. The summed E-state index contributed by atoms with van der Waals surface area (Å²) in [5, 5.41) is 4.82. The fourth-order valence-electron chi connectivity index (χ4n) is 0.982. The van der Waals surface area contributed by atoms with Gasteiger partial charge in [-0.25, -0.2) is 4.79 Å². The van der Waals surface area contributed by atoms with Crippen LogP contribution < -0.4 is 5.32 Å². The molecule has 1 aromatic rings. The Kier molecular flexibility index (Phi) is 4.05. The highest BCUT2D eigenvalue weighted by atomic mass is 32.1. The predicted octanol–water partition coefficient (Wildman–Crippen LogP) is 2.05. The molecule has 0 saturated carbocycles. The Morgan fingerprint density at radius 2 is 2.27 bits per heavy atom. The van der Waals surface area contributed by atoms with E-state index in [1.54, 1.807) is 24.4 Å². The van der Waals surface area contributed by atoms with Crippen molar-refractivity contribution in [2.75, 3.05) is 12.4 Å². The van der Waals surface area contributed by atoms with E-state index in [9.17, 15) is 9.59 Å². The van der Waals surface area contributed by atoms with E-state index in [0.29, 0.717) is 10.6 Å². The first-order valence-corrected chi connectivity index (χ1v) is 5.16. The van der Waals surface area contributed by atoms with Crippen LogP contribution in [0.3, 0.4) is 0 Å². The second-order valence-corrected chi connectivity index (χ2v) is 3.56. The van der Waals surface area contributed by atoms with Crippen molar-refractivity contribution in [2.45, 2.75) is 6.92 Å². The summed E-state index contributed by atoms with van der Waals surface area (Å²) >= 11 is 1.28. The Bertz CT molecular complexity index is 395. The van der Waals surface area contributed by atoms with Gasteiger partial charge in [0.05, 0.1) is 12.7 Å². The Balaban J connectivity index is 2.82. The summed E-state index contributed by atoms with van der Waals surface area (Å²) in [6, 6.07) is 1.61. The van der Waals surface area contributed by atoms with Gasteiger partial charge in [0.15, 0.2) is 0 Å². The predicted molar refractivity (Wildman–Crippen MR) is 59.1 cm³/mol. The maximum Gasteiger partial charge on any atom is 0.340 e. The van der Waals surface area contributed by atoms with Crippen molar-refractivity contribution in [3.63, 3.8) is 0 Å². The molecular weight excluding hydrogens is 214 g/mol. The topological polar surface area (TPSA) is 55.4 Å². The quantitative estimate of drug-likeness (QED) is 0.632. The number of thiophene rings is 1. The van der Waals surface area contributed by atoms with Crippen molar-refractivity contribution >= 4 is 28.2 Å². The molecule has 1 amide bonds. The molecule has 4 nitrogen and oxygen atoms in total. The Labute approximate surface area is 91.6 Å². The van der Waals surface area contributed by atoms with Gasteiger partial charge in [-0.3, -0.25) is 4.79 Å². The fraction of sp³-hybridized carbons (Fsp3) is 0.200. The van der Waals surface area contributed by atoms with Gasteiger partial charge in [-0.2, -0.15) is 0 Å². The van der Waals surface area contributed by atoms with E-state index in [1.165, 1.54) is 24.5 Å². The van der Waals surface area contributed by atoms with Crippen LogP contribution in [0.1, 0.15) is 17.3 Å². The number of carbonyl (C=O) groups is 2. The summed E-state index contributed by atoms with van der Waals surface area (Å²) in [6.07, 6.45) is 3.02. The van der Waals surface area contributed by atoms with Gasteiger partial charge < -0.3 is 10.1 Å². The van der Waals surface area contributed by atoms with Crippen LogP contribution in [0, 0.1) is 0 Å². The third kappa shape index (κ3) is 2.92. The number of ether oxygens (including phenoxy) is 1. The van der Waals surface area contributed by atoms with E-state index in [4.69, 9.17) is 0 Å². The van der Waals surface area contributed by atoms with Gasteiger partial charge in [0, 0.05) is 0 Å². The number of methoxy groups -OCH3 is 1. The normalized spacial score (nSPS) is 10.3. The summed E-state index contributed by atoms with van der Waals surface area (Å²) in [5.41, 5.74) is 0.375. The lowest BCUT2D eigenvalue weighted by atomic mass is 10.3. The van der Waals surface area contributed by atoms with E-state index in [0.717, 1.165) is 0 Å². The zero-order valence-electron chi connectivity index (χ0n) is 8.44. The standard InChI is InChI=1S/C10H11NO3S/c1-3-4-8(12)11-9-7(5-6-15-9)10(13)14-2/h3-6H,1-2H3,(H,11,12)/b4-3+. The lowest BCUT2D eigenvalue weighted by Crippen LogP contribution is -2.10. The van der Waals surface area contributed by atoms with Gasteiger partial charge in [0.25, 0.3) is 0 Å². The Hall–Kier alpha value is -1.62. The average Bonchev–Trinajstić information content (AvgIpc) is 2.65. The van der Waals surface area contributed by atoms with E-state index >= 15 is 0 Å². The number of hydrogen-bond donors (Lipinski definition) is 1. The molecule has 0 atom stereocenters. The average molecular weight is 225 g/mol. The molecule has 0 aromatic carbocycles. The lowest BCUT2D eigenvalue weighted by Gasteiger charge is -2.01. The molecule has 0 aliphatic carbocycles. The van der Waals surface area contributed by atoms with Gasteiger partial charge in [-0.15, -0.1) is 11.3 Å². The van der Waals surface area contributed by atoms with E-state index in [-0.39, 0.29) is 5.91 Å². The van der Waals surface area contributed by atoms with Crippen LogP contribution >= 0.6 is 11.3 Å². The second kappa shape index (κ2) is 5.31. The summed E-state index contributed by atoms with van der Waals surface area (Å²) in [7, 11) is 1.30. The monoisotopic (exact) mass is 225 g/mol. The van der Waals surface area contributed by atoms with Crippen LogP contribution in [-0.2, 0) is 9.53 Å². The number of allylic oxidation sites excluding steroid dienone is 1. The minimum atomic E-state index is -0.452. The molecule has 0 bridgehead atoms. The van der Waals surface area contributed by atoms with Crippen LogP contribution in [0.2, 0.25) is 0 Å². The summed E-state index contributed by atoms with van der Waals surface area (Å²) in [5.74, 6) is -0.711. The minimum Gasteiger partial charge on any atom is -0.465 e. The van der Waals surface area contributed by atoms with Crippen molar-refractivity contribution in [3.8, 4) is 0 Å². The summed E-state index contributed by atoms with van der Waals surface area (Å²) in [4.78, 5) is 22.5. The molecule has 15 heavy (non-hydrogen) atoms. The second-order valence-electron chi connectivity index (χ2n) is 2.64. The van der Waals surface area contributed by atoms with E-state index in [1.807, 2.05) is 0 Å². The van der Waals surface area contributed by atoms with Crippen LogP contribution in [0.5, 0.6) is 0 Å². The first-order valence-electron chi connectivity index (χ1n) is 4.28. The maximum atomic E-state index is 11.2. The molecule has 0 aliphatic rings. The van der Waals surface area contributed by atoms with Crippen molar-refractivity contribution in [2.24, 2.45) is 0 Å². The van der Waals surface area contributed by atoms with Crippen molar-refractivity contribution < 1.29 is 14.3 Å². The molecule has 0 saturated heterocycles. The molecule has 5 heteroatoms. The molecular formula is C10H11NO3S. The highest BCUT2D eigenvalue weighted by Gasteiger charge is 2.13. The number of amides is 1. The smallest absolute Gasteiger partial charge is 0.340 e. The number of nitrogens with one attached hydrogen (secondary N) is 1. The highest BCUT2D eigenvalue weighted by Crippen LogP contribution is 2.23. The molecule has 0 fully saturated rings. The molecule has 1 heterocycles. The van der Waals surface area contributed by atoms with Crippen LogP contribution in [-0.4, -0.2) is 19.0 Å². The lowest BCUT2D eigenvalue weighted by molar-refractivity contribution is -0.111. The van der Waals surface area contributed by atoms with Gasteiger partial charge >= 0.3 is 5.97 Å². The molecule has 0 radical (unpaired) electrons. The number of esters is 1. The SMILES string of the molecule is C/C=C/C(=O)Nc1sccc1C(=O)OC. The molecule has 1 aromatic heterocycles. The van der Waals surface area contributed by atoms with Gasteiger partial charge in [-0.1, -0.05) is 6.08 Å². The molecule has 0 spiro atoms. The van der Waals surface area contributed by atoms with Crippen LogP contribution in [0.15, 0.2) is 23.6 Å². The van der Waals surface area contributed by atoms with E-state index in [2.05, 4.69) is 10.1 Å². The zero-order chi connectivity index (χ0) is 11.3. The Morgan fingerprint density at radius 1 is 1.53 bits per heavy atom. The molecule has 1 N–H and O–H groups in total. The Morgan fingerprint density at radius 3 is 2.87 bits per heavy atom. The molecule has 80 valence electrons. The molecule has 0 unspecified atom stereocenters. The maximum absolute atomic E-state index is 11.2. The number of rotatable bonds is 3. The highest BCUT2D eigenvalue weighted by molar-refractivity contribution is 7.14. The zero-order valence-corrected chi connectivity index (χ0v) is 9.26. The summed E-state index contributed by atoms with van der Waals surface area (Å²) < 4.78 is 4.58. The molecule has 1 rings (SSSR count).